The molecule has 0 bridgehead atoms. The number of pyridine rings is 1. The Bertz CT molecular complexity index is 716. The highest BCUT2D eigenvalue weighted by atomic mass is 79.9. The lowest BCUT2D eigenvalue weighted by Crippen LogP contribution is -1.93. The third-order valence-corrected chi connectivity index (χ3v) is 3.30. The van der Waals surface area contributed by atoms with Gasteiger partial charge in [0.15, 0.2) is 11.5 Å². The largest absolute Gasteiger partial charge is 0.397 e. The molecule has 0 aliphatic heterocycles. The Labute approximate surface area is 113 Å². The maximum Gasteiger partial charge on any atom is 0.182 e. The van der Waals surface area contributed by atoms with Crippen molar-refractivity contribution in [1.82, 2.24) is 14.6 Å². The van der Waals surface area contributed by atoms with E-state index in [2.05, 4.69) is 32.9 Å². The fraction of sp³-hybridized carbons (Fsp3) is 0.0769. The molecule has 0 aliphatic rings. The number of hydrogen-bond donors (Lipinski definition) is 1. The van der Waals surface area contributed by atoms with Gasteiger partial charge in [-0.2, -0.15) is 0 Å². The Morgan fingerprint density at radius 2 is 1.94 bits per heavy atom. The molecule has 2 heterocycles. The number of aromatic nitrogens is 3. The Balaban J connectivity index is 2.19. The van der Waals surface area contributed by atoms with Crippen LogP contribution in [0.3, 0.4) is 0 Å². The van der Waals surface area contributed by atoms with Crippen molar-refractivity contribution in [2.45, 2.75) is 6.92 Å². The van der Waals surface area contributed by atoms with Crippen molar-refractivity contribution in [2.75, 3.05) is 5.73 Å². The van der Waals surface area contributed by atoms with Crippen LogP contribution in [0.5, 0.6) is 0 Å². The van der Waals surface area contributed by atoms with E-state index in [1.807, 2.05) is 30.3 Å². The van der Waals surface area contributed by atoms with Gasteiger partial charge in [0, 0.05) is 5.56 Å². The van der Waals surface area contributed by atoms with Crippen LogP contribution in [-0.2, 0) is 0 Å². The zero-order chi connectivity index (χ0) is 12.7. The molecule has 1 aromatic carbocycles. The number of hydrogen-bond acceptors (Lipinski definition) is 3. The van der Waals surface area contributed by atoms with Crippen LogP contribution < -0.4 is 5.73 Å². The van der Waals surface area contributed by atoms with Crippen molar-refractivity contribution in [2.24, 2.45) is 0 Å². The number of nitrogens with two attached hydrogens (primary N) is 1. The van der Waals surface area contributed by atoms with E-state index in [-0.39, 0.29) is 0 Å². The Kier molecular flexibility index (Phi) is 2.56. The van der Waals surface area contributed by atoms with Gasteiger partial charge in [-0.15, -0.1) is 5.10 Å². The summed E-state index contributed by atoms with van der Waals surface area (Å²) in [7, 11) is 0. The first-order valence-corrected chi connectivity index (χ1v) is 6.31. The van der Waals surface area contributed by atoms with E-state index in [0.29, 0.717) is 11.5 Å². The van der Waals surface area contributed by atoms with Gasteiger partial charge in [-0.3, -0.25) is 0 Å². The molecule has 0 unspecified atom stereocenters. The Hall–Kier alpha value is -1.88. The predicted molar refractivity (Wildman–Crippen MR) is 75.3 cm³/mol. The summed E-state index contributed by atoms with van der Waals surface area (Å²) in [6.45, 7) is 2.05. The van der Waals surface area contributed by atoms with Crippen molar-refractivity contribution in [3.05, 3.63) is 46.6 Å². The van der Waals surface area contributed by atoms with Crippen LogP contribution in [0.25, 0.3) is 17.0 Å². The van der Waals surface area contributed by atoms with Gasteiger partial charge in [-0.1, -0.05) is 29.8 Å². The Morgan fingerprint density at radius 1 is 1.22 bits per heavy atom. The summed E-state index contributed by atoms with van der Waals surface area (Å²) in [6.07, 6.45) is 1.75. The van der Waals surface area contributed by atoms with Crippen LogP contribution in [0.4, 0.5) is 5.69 Å². The fourth-order valence-electron chi connectivity index (χ4n) is 1.79. The lowest BCUT2D eigenvalue weighted by molar-refractivity contribution is 0.965. The number of benzene rings is 1. The van der Waals surface area contributed by atoms with E-state index in [4.69, 9.17) is 5.73 Å². The van der Waals surface area contributed by atoms with Crippen LogP contribution in [0.2, 0.25) is 0 Å². The molecule has 18 heavy (non-hydrogen) atoms. The molecule has 0 saturated heterocycles. The molecule has 0 spiro atoms. The van der Waals surface area contributed by atoms with E-state index in [0.717, 1.165) is 15.7 Å². The molecule has 5 heteroatoms. The third-order valence-electron chi connectivity index (χ3n) is 2.72. The quantitative estimate of drug-likeness (QED) is 0.751. The minimum atomic E-state index is 0.648. The number of aryl methyl sites for hydroxylation is 1. The number of halogens is 1. The van der Waals surface area contributed by atoms with Crippen molar-refractivity contribution in [3.8, 4) is 11.4 Å². The van der Waals surface area contributed by atoms with Crippen LogP contribution in [0.15, 0.2) is 41.0 Å². The molecule has 3 rings (SSSR count). The topological polar surface area (TPSA) is 56.2 Å². The van der Waals surface area contributed by atoms with E-state index in [1.54, 1.807) is 10.7 Å². The first kappa shape index (κ1) is 11.2. The normalized spacial score (nSPS) is 11.0. The monoisotopic (exact) mass is 302 g/mol. The second-order valence-electron chi connectivity index (χ2n) is 4.19. The Morgan fingerprint density at radius 3 is 2.67 bits per heavy atom. The van der Waals surface area contributed by atoms with Gasteiger partial charge < -0.3 is 5.73 Å². The first-order chi connectivity index (χ1) is 8.63. The zero-order valence-corrected chi connectivity index (χ0v) is 11.3. The number of nitrogen functional groups attached to an aromatic ring is 1. The van der Waals surface area contributed by atoms with Crippen molar-refractivity contribution >= 4 is 27.3 Å². The smallest absolute Gasteiger partial charge is 0.182 e. The van der Waals surface area contributed by atoms with Gasteiger partial charge >= 0.3 is 0 Å². The molecule has 0 saturated carbocycles. The summed E-state index contributed by atoms with van der Waals surface area (Å²) < 4.78 is 2.53. The van der Waals surface area contributed by atoms with E-state index >= 15 is 0 Å². The molecule has 4 nitrogen and oxygen atoms in total. The highest BCUT2D eigenvalue weighted by Gasteiger charge is 2.09. The van der Waals surface area contributed by atoms with Gasteiger partial charge in [-0.25, -0.2) is 9.50 Å². The van der Waals surface area contributed by atoms with E-state index in [9.17, 15) is 0 Å². The van der Waals surface area contributed by atoms with Gasteiger partial charge in [0.1, 0.15) is 0 Å². The average molecular weight is 303 g/mol. The van der Waals surface area contributed by atoms with E-state index < -0.39 is 0 Å². The van der Waals surface area contributed by atoms with Crippen LogP contribution in [0, 0.1) is 6.92 Å². The minimum absolute atomic E-state index is 0.648. The number of anilines is 1. The molecule has 2 N–H and O–H groups in total. The molecule has 0 fully saturated rings. The van der Waals surface area contributed by atoms with Crippen LogP contribution >= 0.6 is 15.9 Å². The summed E-state index contributed by atoms with van der Waals surface area (Å²) in [5.74, 6) is 0.696. The van der Waals surface area contributed by atoms with E-state index in [1.165, 1.54) is 5.56 Å². The molecule has 3 aromatic rings. The molecule has 0 amide bonds. The summed E-state index contributed by atoms with van der Waals surface area (Å²) >= 11 is 3.44. The summed E-state index contributed by atoms with van der Waals surface area (Å²) in [5, 5.41) is 4.43. The van der Waals surface area contributed by atoms with Crippen molar-refractivity contribution < 1.29 is 0 Å². The summed E-state index contributed by atoms with van der Waals surface area (Å²) in [4.78, 5) is 4.50. The lowest BCUT2D eigenvalue weighted by Gasteiger charge is -1.96. The molecule has 2 aromatic heterocycles. The summed E-state index contributed by atoms with van der Waals surface area (Å²) in [6, 6.07) is 9.94. The van der Waals surface area contributed by atoms with Gasteiger partial charge in [0.25, 0.3) is 0 Å². The molecule has 90 valence electrons. The van der Waals surface area contributed by atoms with Crippen molar-refractivity contribution in [1.29, 1.82) is 0 Å². The molecule has 0 aliphatic carbocycles. The minimum Gasteiger partial charge on any atom is -0.397 e. The maximum atomic E-state index is 5.77. The number of fused-ring (bicyclic) bond motifs is 1. The molecular weight excluding hydrogens is 292 g/mol. The standard InChI is InChI=1S/C13H11BrN4/c1-8-2-4-9(5-3-8)12-16-13-11(14)6-10(15)7-18(13)17-12/h2-7H,15H2,1H3. The molecular formula is C13H11BrN4. The van der Waals surface area contributed by atoms with Gasteiger partial charge in [0.2, 0.25) is 0 Å². The van der Waals surface area contributed by atoms with Crippen LogP contribution in [0.1, 0.15) is 5.56 Å². The van der Waals surface area contributed by atoms with Gasteiger partial charge in [0.05, 0.1) is 16.4 Å². The number of nitrogens with zero attached hydrogens (tertiary/aromatic N) is 3. The average Bonchev–Trinajstić information content (AvgIpc) is 2.74. The maximum absolute atomic E-state index is 5.77. The third kappa shape index (κ3) is 1.86. The summed E-state index contributed by atoms with van der Waals surface area (Å²) in [5.41, 5.74) is 9.40. The zero-order valence-electron chi connectivity index (χ0n) is 9.76. The molecule has 0 atom stereocenters. The second kappa shape index (κ2) is 4.10. The SMILES string of the molecule is Cc1ccc(-c2nc3c(Br)cc(N)cn3n2)cc1. The lowest BCUT2D eigenvalue weighted by atomic mass is 10.1. The first-order valence-electron chi connectivity index (χ1n) is 5.52. The highest BCUT2D eigenvalue weighted by Crippen LogP contribution is 2.23. The second-order valence-corrected chi connectivity index (χ2v) is 5.05. The van der Waals surface area contributed by atoms with Gasteiger partial charge in [-0.05, 0) is 28.9 Å². The fourth-order valence-corrected chi connectivity index (χ4v) is 2.33. The predicted octanol–water partition coefficient (Wildman–Crippen LogP) is 3.05. The number of rotatable bonds is 1. The molecule has 0 radical (unpaired) electrons. The highest BCUT2D eigenvalue weighted by molar-refractivity contribution is 9.10. The van der Waals surface area contributed by atoms with Crippen LogP contribution in [-0.4, -0.2) is 14.6 Å². The van der Waals surface area contributed by atoms with Crippen molar-refractivity contribution in [3.63, 3.8) is 0 Å².